The first-order valence-corrected chi connectivity index (χ1v) is 9.49. The summed E-state index contributed by atoms with van der Waals surface area (Å²) in [6, 6.07) is 10.9. The van der Waals surface area contributed by atoms with Crippen LogP contribution in [0.5, 0.6) is 5.75 Å². The van der Waals surface area contributed by atoms with Crippen molar-refractivity contribution in [3.63, 3.8) is 0 Å². The fourth-order valence-electron chi connectivity index (χ4n) is 2.64. The number of pyridine rings is 1. The molecule has 27 heavy (non-hydrogen) atoms. The number of ether oxygens (including phenoxy) is 1. The van der Waals surface area contributed by atoms with E-state index in [-0.39, 0.29) is 12.5 Å². The minimum absolute atomic E-state index is 0.0887. The van der Waals surface area contributed by atoms with Crippen LogP contribution in [0.25, 0.3) is 0 Å². The zero-order valence-corrected chi connectivity index (χ0v) is 15.7. The fourth-order valence-corrected chi connectivity index (χ4v) is 3.58. The second-order valence-corrected chi connectivity index (χ2v) is 7.35. The summed E-state index contributed by atoms with van der Waals surface area (Å²) in [7, 11) is 0. The summed E-state index contributed by atoms with van der Waals surface area (Å²) in [5, 5.41) is 9.93. The summed E-state index contributed by atoms with van der Waals surface area (Å²) in [5.41, 5.74) is 2.58. The van der Waals surface area contributed by atoms with E-state index in [9.17, 15) is 14.7 Å². The minimum Gasteiger partial charge on any atom is -0.490 e. The molecule has 1 aromatic heterocycles. The van der Waals surface area contributed by atoms with Gasteiger partial charge in [0.1, 0.15) is 18.5 Å². The molecule has 0 saturated carbocycles. The lowest BCUT2D eigenvalue weighted by Gasteiger charge is -2.13. The number of aromatic nitrogens is 1. The Morgan fingerprint density at radius 3 is 2.48 bits per heavy atom. The highest BCUT2D eigenvalue weighted by molar-refractivity contribution is 8.15. The highest BCUT2D eigenvalue weighted by Gasteiger charge is 2.37. The van der Waals surface area contributed by atoms with Crippen LogP contribution >= 0.6 is 11.8 Å². The Morgan fingerprint density at radius 1 is 1.22 bits per heavy atom. The average molecular weight is 387 g/mol. The molecule has 2 amide bonds. The van der Waals surface area contributed by atoms with Gasteiger partial charge < -0.3 is 9.84 Å². The Hall–Kier alpha value is -2.42. The molecule has 1 aromatic carbocycles. The molecule has 7 nitrogen and oxygen atoms in total. The lowest BCUT2D eigenvalue weighted by Crippen LogP contribution is -2.37. The van der Waals surface area contributed by atoms with Gasteiger partial charge in [-0.25, -0.2) is 10.9 Å². The molecule has 3 N–H and O–H groups in total. The quantitative estimate of drug-likeness (QED) is 0.554. The van der Waals surface area contributed by atoms with Crippen molar-refractivity contribution in [3.8, 4) is 5.75 Å². The molecule has 1 fully saturated rings. The number of carbonyl (C=O) groups is 2. The molecule has 1 aliphatic rings. The normalized spacial score (nSPS) is 18.0. The van der Waals surface area contributed by atoms with Crippen molar-refractivity contribution >= 4 is 22.9 Å². The number of thioether (sulfide) groups is 1. The molecule has 0 spiro atoms. The van der Waals surface area contributed by atoms with Gasteiger partial charge in [0.25, 0.3) is 5.91 Å². The summed E-state index contributed by atoms with van der Waals surface area (Å²) in [6.07, 6.45) is 2.25. The highest BCUT2D eigenvalue weighted by atomic mass is 32.2. The zero-order chi connectivity index (χ0) is 19.4. The third kappa shape index (κ3) is 4.65. The van der Waals surface area contributed by atoms with Crippen LogP contribution in [0.1, 0.15) is 29.8 Å². The number of aliphatic hydroxyl groups is 1. The molecule has 142 valence electrons. The van der Waals surface area contributed by atoms with E-state index in [2.05, 4.69) is 4.98 Å². The first-order valence-electron chi connectivity index (χ1n) is 8.62. The van der Waals surface area contributed by atoms with Crippen molar-refractivity contribution in [2.45, 2.75) is 31.1 Å². The molecule has 1 saturated heterocycles. The van der Waals surface area contributed by atoms with Gasteiger partial charge in [-0.2, -0.15) is 0 Å². The van der Waals surface area contributed by atoms with E-state index < -0.39 is 16.6 Å². The predicted molar refractivity (Wildman–Crippen MR) is 102 cm³/mol. The van der Waals surface area contributed by atoms with Gasteiger partial charge in [-0.05, 0) is 53.9 Å². The van der Waals surface area contributed by atoms with Gasteiger partial charge in [-0.15, -0.1) is 0 Å². The number of amides is 2. The maximum Gasteiger partial charge on any atom is 0.303 e. The van der Waals surface area contributed by atoms with E-state index in [1.54, 1.807) is 24.4 Å². The minimum atomic E-state index is -0.815. The van der Waals surface area contributed by atoms with Gasteiger partial charge >= 0.3 is 5.24 Å². The molecular formula is C19H21N3O4S. The number of aryl methyl sites for hydroxylation is 1. The molecular weight excluding hydrogens is 366 g/mol. The molecule has 1 unspecified atom stereocenters. The summed E-state index contributed by atoms with van der Waals surface area (Å²) in [4.78, 5) is 27.5. The molecule has 0 bridgehead atoms. The third-order valence-electron chi connectivity index (χ3n) is 4.30. The van der Waals surface area contributed by atoms with E-state index >= 15 is 0 Å². The van der Waals surface area contributed by atoms with Crippen LogP contribution < -0.4 is 10.6 Å². The van der Waals surface area contributed by atoms with Crippen LogP contribution in [0.15, 0.2) is 42.6 Å². The maximum absolute atomic E-state index is 11.8. The van der Waals surface area contributed by atoms with E-state index in [1.807, 2.05) is 25.1 Å². The van der Waals surface area contributed by atoms with E-state index in [1.165, 1.54) is 0 Å². The van der Waals surface area contributed by atoms with Crippen molar-refractivity contribution in [3.05, 3.63) is 59.4 Å². The van der Waals surface area contributed by atoms with Crippen molar-refractivity contribution < 1.29 is 19.4 Å². The van der Waals surface area contributed by atoms with E-state index in [0.29, 0.717) is 22.9 Å². The molecule has 8 heteroatoms. The number of nitrogens with two attached hydrogens (primary N) is 1. The van der Waals surface area contributed by atoms with Crippen LogP contribution in [0.3, 0.4) is 0 Å². The number of aliphatic hydroxyl groups excluding tert-OH is 1. The number of imide groups is 1. The SMILES string of the molecule is CCc1ccc([C@@H](O)COc2ccc(CC3SC(=O)N(N)C3=O)cc2)nc1. The van der Waals surface area contributed by atoms with Gasteiger partial charge in [-0.3, -0.25) is 14.6 Å². The van der Waals surface area contributed by atoms with Gasteiger partial charge in [0.05, 0.1) is 10.9 Å². The molecule has 1 aliphatic heterocycles. The number of benzene rings is 1. The Balaban J connectivity index is 1.53. The van der Waals surface area contributed by atoms with Gasteiger partial charge in [0.2, 0.25) is 0 Å². The molecule has 3 rings (SSSR count). The topological polar surface area (TPSA) is 106 Å². The van der Waals surface area contributed by atoms with Crippen molar-refractivity contribution in [2.24, 2.45) is 5.84 Å². The van der Waals surface area contributed by atoms with E-state index in [0.717, 1.165) is 29.3 Å². The van der Waals surface area contributed by atoms with Crippen molar-refractivity contribution in [1.82, 2.24) is 9.99 Å². The van der Waals surface area contributed by atoms with Crippen LogP contribution in [-0.4, -0.2) is 38.1 Å². The number of hydrazine groups is 1. The standard InChI is InChI=1S/C19H21N3O4S/c1-2-12-5-8-15(21-10-12)16(23)11-26-14-6-3-13(4-7-14)9-17-18(24)22(20)19(25)27-17/h3-8,10,16-17,23H,2,9,11,20H2,1H3/t16-,17?/m0/s1. The third-order valence-corrected chi connectivity index (χ3v) is 5.35. The van der Waals surface area contributed by atoms with Crippen molar-refractivity contribution in [1.29, 1.82) is 0 Å². The maximum atomic E-state index is 11.8. The van der Waals surface area contributed by atoms with Crippen LogP contribution in [0.2, 0.25) is 0 Å². The monoisotopic (exact) mass is 387 g/mol. The first kappa shape index (κ1) is 19.3. The van der Waals surface area contributed by atoms with Crippen molar-refractivity contribution in [2.75, 3.05) is 6.61 Å². The molecule has 2 heterocycles. The number of hydrogen-bond acceptors (Lipinski definition) is 7. The largest absolute Gasteiger partial charge is 0.490 e. The second kappa shape index (κ2) is 8.51. The first-order chi connectivity index (χ1) is 13.0. The van der Waals surface area contributed by atoms with Gasteiger partial charge in [-0.1, -0.05) is 25.1 Å². The number of hydrogen-bond donors (Lipinski definition) is 2. The summed E-state index contributed by atoms with van der Waals surface area (Å²) in [6.45, 7) is 2.14. The molecule has 0 radical (unpaired) electrons. The smallest absolute Gasteiger partial charge is 0.303 e. The second-order valence-electron chi connectivity index (χ2n) is 6.20. The van der Waals surface area contributed by atoms with Crippen LogP contribution in [0, 0.1) is 0 Å². The summed E-state index contributed by atoms with van der Waals surface area (Å²) >= 11 is 0.936. The average Bonchev–Trinajstić information content (AvgIpc) is 2.94. The molecule has 0 aliphatic carbocycles. The number of carbonyl (C=O) groups excluding carboxylic acids is 2. The lowest BCUT2D eigenvalue weighted by molar-refractivity contribution is -0.126. The number of rotatable bonds is 7. The van der Waals surface area contributed by atoms with Gasteiger partial charge in [0, 0.05) is 6.20 Å². The summed E-state index contributed by atoms with van der Waals surface area (Å²) in [5.74, 6) is 5.61. The predicted octanol–water partition coefficient (Wildman–Crippen LogP) is 2.24. The van der Waals surface area contributed by atoms with Gasteiger partial charge in [0.15, 0.2) is 0 Å². The Labute approximate surface area is 161 Å². The van der Waals surface area contributed by atoms with E-state index in [4.69, 9.17) is 10.6 Å². The van der Waals surface area contributed by atoms with Crippen LogP contribution in [-0.2, 0) is 17.6 Å². The Bertz CT molecular complexity index is 811. The van der Waals surface area contributed by atoms with Crippen LogP contribution in [0.4, 0.5) is 4.79 Å². The molecule has 2 atom stereocenters. The highest BCUT2D eigenvalue weighted by Crippen LogP contribution is 2.28. The Morgan fingerprint density at radius 2 is 1.93 bits per heavy atom. The zero-order valence-electron chi connectivity index (χ0n) is 14.9. The Kier molecular flexibility index (Phi) is 6.10. The number of nitrogens with zero attached hydrogens (tertiary/aromatic N) is 2. The fraction of sp³-hybridized carbons (Fsp3) is 0.316. The summed E-state index contributed by atoms with van der Waals surface area (Å²) < 4.78 is 5.61. The lowest BCUT2D eigenvalue weighted by atomic mass is 10.1. The molecule has 2 aromatic rings.